The van der Waals surface area contributed by atoms with Gasteiger partial charge in [-0.05, 0) is 5.92 Å². The largest absolute Gasteiger partial charge is 0.353 e. The number of ketones is 1. The van der Waals surface area contributed by atoms with Crippen molar-refractivity contribution < 1.29 is 9.59 Å². The number of Topliss-reactive ketones (excluding diaryl/α,β-unsaturated/α-hetero) is 1. The average molecular weight is 279 g/mol. The molecule has 15 heavy (non-hydrogen) atoms. The van der Waals surface area contributed by atoms with Crippen molar-refractivity contribution in [3.63, 3.8) is 0 Å². The van der Waals surface area contributed by atoms with Gasteiger partial charge >= 0.3 is 0 Å². The highest BCUT2D eigenvalue weighted by atomic mass is 79.9. The van der Waals surface area contributed by atoms with Crippen LogP contribution < -0.4 is 11.1 Å². The van der Waals surface area contributed by atoms with Gasteiger partial charge < -0.3 is 11.1 Å². The van der Waals surface area contributed by atoms with Crippen LogP contribution in [0.4, 0.5) is 0 Å². The van der Waals surface area contributed by atoms with Crippen LogP contribution in [0.5, 0.6) is 0 Å². The highest BCUT2D eigenvalue weighted by Crippen LogP contribution is 2.30. The van der Waals surface area contributed by atoms with Crippen LogP contribution in [0, 0.1) is 5.92 Å². The average Bonchev–Trinajstić information content (AvgIpc) is 2.22. The Morgan fingerprint density at radius 1 is 1.47 bits per heavy atom. The topological polar surface area (TPSA) is 72.2 Å². The molecule has 0 bridgehead atoms. The van der Waals surface area contributed by atoms with Crippen LogP contribution in [0.25, 0.3) is 0 Å². The lowest BCUT2D eigenvalue weighted by molar-refractivity contribution is -0.132. The van der Waals surface area contributed by atoms with Gasteiger partial charge in [-0.15, -0.1) is 0 Å². The number of carbonyl (C=O) groups is 2. The number of nitrogens with one attached hydrogen (secondary N) is 1. The van der Waals surface area contributed by atoms with E-state index in [0.29, 0.717) is 19.5 Å². The van der Waals surface area contributed by atoms with Crippen molar-refractivity contribution in [2.24, 2.45) is 11.7 Å². The summed E-state index contributed by atoms with van der Waals surface area (Å²) in [6.07, 6.45) is 0.333. The van der Waals surface area contributed by atoms with E-state index in [9.17, 15) is 9.59 Å². The summed E-state index contributed by atoms with van der Waals surface area (Å²) in [6, 6.07) is 0. The van der Waals surface area contributed by atoms with Crippen molar-refractivity contribution in [1.29, 1.82) is 0 Å². The lowest BCUT2D eigenvalue weighted by Crippen LogP contribution is -2.52. The first-order valence-corrected chi connectivity index (χ1v) is 5.91. The predicted molar refractivity (Wildman–Crippen MR) is 63.9 cm³/mol. The summed E-state index contributed by atoms with van der Waals surface area (Å²) >= 11 is 3.27. The summed E-state index contributed by atoms with van der Waals surface area (Å²) in [7, 11) is 0. The number of hydrogen-bond donors (Lipinski definition) is 2. The van der Waals surface area contributed by atoms with E-state index in [2.05, 4.69) is 21.2 Å². The molecule has 1 unspecified atom stereocenters. The SMILES string of the molecule is CCC(=O)C(Br)(C(=O)NCCN)C(C)C. The third kappa shape index (κ3) is 3.28. The zero-order chi connectivity index (χ0) is 12.1. The molecule has 0 saturated carbocycles. The molecule has 0 aromatic rings. The second-order valence-corrected chi connectivity index (χ2v) is 4.94. The Hall–Kier alpha value is -0.420. The number of alkyl halides is 1. The Balaban J connectivity index is 4.78. The molecule has 3 N–H and O–H groups in total. The zero-order valence-electron chi connectivity index (χ0n) is 9.47. The number of nitrogens with two attached hydrogens (primary N) is 1. The molecule has 0 aliphatic carbocycles. The molecule has 4 nitrogen and oxygen atoms in total. The molecule has 0 aliphatic rings. The summed E-state index contributed by atoms with van der Waals surface area (Å²) in [4.78, 5) is 23.6. The lowest BCUT2D eigenvalue weighted by Gasteiger charge is -2.28. The maximum absolute atomic E-state index is 11.8. The molecule has 0 saturated heterocycles. The van der Waals surface area contributed by atoms with Crippen molar-refractivity contribution in [3.8, 4) is 0 Å². The van der Waals surface area contributed by atoms with Gasteiger partial charge in [0.1, 0.15) is 0 Å². The number of amides is 1. The Morgan fingerprint density at radius 3 is 2.33 bits per heavy atom. The fraction of sp³-hybridized carbons (Fsp3) is 0.800. The van der Waals surface area contributed by atoms with Crippen molar-refractivity contribution in [2.45, 2.75) is 31.5 Å². The minimum absolute atomic E-state index is 0.0947. The van der Waals surface area contributed by atoms with E-state index in [-0.39, 0.29) is 17.6 Å². The summed E-state index contributed by atoms with van der Waals surface area (Å²) in [5.74, 6) is -0.496. The normalized spacial score (nSPS) is 14.8. The Morgan fingerprint density at radius 2 is 2.00 bits per heavy atom. The minimum Gasteiger partial charge on any atom is -0.353 e. The smallest absolute Gasteiger partial charge is 0.244 e. The molecule has 0 aromatic carbocycles. The number of halogens is 1. The van der Waals surface area contributed by atoms with Crippen LogP contribution in [-0.2, 0) is 9.59 Å². The molecule has 0 heterocycles. The van der Waals surface area contributed by atoms with Crippen LogP contribution in [-0.4, -0.2) is 29.1 Å². The molecule has 1 atom stereocenters. The Labute approximate surface area is 99.1 Å². The quantitative estimate of drug-likeness (QED) is 0.559. The third-order valence-electron chi connectivity index (χ3n) is 2.28. The number of carbonyl (C=O) groups excluding carboxylic acids is 2. The van der Waals surface area contributed by atoms with Crippen LogP contribution >= 0.6 is 15.9 Å². The van der Waals surface area contributed by atoms with E-state index in [1.54, 1.807) is 6.92 Å². The van der Waals surface area contributed by atoms with Gasteiger partial charge in [0.2, 0.25) is 5.91 Å². The van der Waals surface area contributed by atoms with Gasteiger partial charge in [-0.1, -0.05) is 36.7 Å². The van der Waals surface area contributed by atoms with Crippen molar-refractivity contribution in [1.82, 2.24) is 5.32 Å². The lowest BCUT2D eigenvalue weighted by atomic mass is 9.89. The van der Waals surface area contributed by atoms with E-state index in [1.165, 1.54) is 0 Å². The molecular formula is C10H19BrN2O2. The first kappa shape index (κ1) is 14.6. The van der Waals surface area contributed by atoms with Gasteiger partial charge in [-0.25, -0.2) is 0 Å². The molecule has 0 spiro atoms. The first-order chi connectivity index (χ1) is 6.91. The van der Waals surface area contributed by atoms with Crippen molar-refractivity contribution in [3.05, 3.63) is 0 Å². The van der Waals surface area contributed by atoms with Crippen molar-refractivity contribution in [2.75, 3.05) is 13.1 Å². The molecule has 0 rings (SSSR count). The molecule has 0 fully saturated rings. The maximum atomic E-state index is 11.8. The van der Waals surface area contributed by atoms with Crippen LogP contribution in [0.15, 0.2) is 0 Å². The molecule has 0 aromatic heterocycles. The summed E-state index contributed by atoms with van der Waals surface area (Å²) in [5.41, 5.74) is 5.29. The second-order valence-electron chi connectivity index (χ2n) is 3.69. The second kappa shape index (κ2) is 6.23. The molecule has 88 valence electrons. The molecule has 0 radical (unpaired) electrons. The molecule has 0 aliphatic heterocycles. The van der Waals surface area contributed by atoms with Crippen LogP contribution in [0.3, 0.4) is 0 Å². The monoisotopic (exact) mass is 278 g/mol. The summed E-state index contributed by atoms with van der Waals surface area (Å²) in [5, 5.41) is 2.64. The fourth-order valence-electron chi connectivity index (χ4n) is 1.28. The third-order valence-corrected chi connectivity index (χ3v) is 4.00. The maximum Gasteiger partial charge on any atom is 0.244 e. The standard InChI is InChI=1S/C10H19BrN2O2/c1-4-8(14)10(11,7(2)3)9(15)13-6-5-12/h7H,4-6,12H2,1-3H3,(H,13,15). The fourth-order valence-corrected chi connectivity index (χ4v) is 1.70. The number of rotatable bonds is 6. The summed E-state index contributed by atoms with van der Waals surface area (Å²) < 4.78 is -1.11. The van der Waals surface area contributed by atoms with Gasteiger partial charge in [-0.2, -0.15) is 0 Å². The molecular weight excluding hydrogens is 260 g/mol. The van der Waals surface area contributed by atoms with Crippen LogP contribution in [0.2, 0.25) is 0 Å². The van der Waals surface area contributed by atoms with E-state index in [4.69, 9.17) is 5.73 Å². The van der Waals surface area contributed by atoms with E-state index in [1.807, 2.05) is 13.8 Å². The first-order valence-electron chi connectivity index (χ1n) is 5.11. The molecule has 5 heteroatoms. The van der Waals surface area contributed by atoms with Gasteiger partial charge in [-0.3, -0.25) is 9.59 Å². The number of hydrogen-bond acceptors (Lipinski definition) is 3. The van der Waals surface area contributed by atoms with E-state index < -0.39 is 4.32 Å². The van der Waals surface area contributed by atoms with Gasteiger partial charge in [0.15, 0.2) is 10.1 Å². The van der Waals surface area contributed by atoms with E-state index >= 15 is 0 Å². The Kier molecular flexibility index (Phi) is 6.05. The predicted octanol–water partition coefficient (Wildman–Crippen LogP) is 0.830. The van der Waals surface area contributed by atoms with Crippen molar-refractivity contribution >= 4 is 27.6 Å². The summed E-state index contributed by atoms with van der Waals surface area (Å²) in [6.45, 7) is 6.18. The highest BCUT2D eigenvalue weighted by Gasteiger charge is 2.44. The zero-order valence-corrected chi connectivity index (χ0v) is 11.1. The Bertz CT molecular complexity index is 244. The van der Waals surface area contributed by atoms with Gasteiger partial charge in [0, 0.05) is 19.5 Å². The van der Waals surface area contributed by atoms with E-state index in [0.717, 1.165) is 0 Å². The highest BCUT2D eigenvalue weighted by molar-refractivity contribution is 9.10. The van der Waals surface area contributed by atoms with Crippen LogP contribution in [0.1, 0.15) is 27.2 Å². The minimum atomic E-state index is -1.11. The van der Waals surface area contributed by atoms with Gasteiger partial charge in [0.25, 0.3) is 0 Å². The molecule has 1 amide bonds. The van der Waals surface area contributed by atoms with Gasteiger partial charge in [0.05, 0.1) is 0 Å².